The fourth-order valence-electron chi connectivity index (χ4n) is 9.55. The third-order valence-electron chi connectivity index (χ3n) is 11.8. The van der Waals surface area contributed by atoms with Gasteiger partial charge in [-0.15, -0.1) is 11.3 Å². The van der Waals surface area contributed by atoms with Crippen LogP contribution in [0.2, 0.25) is 0 Å². The molecule has 3 aromatic heterocycles. The fourth-order valence-corrected chi connectivity index (χ4v) is 10.9. The van der Waals surface area contributed by atoms with Gasteiger partial charge in [0.15, 0.2) is 11.6 Å². The molecule has 0 radical (unpaired) electrons. The Morgan fingerprint density at radius 1 is 0.635 bits per heavy atom. The van der Waals surface area contributed by atoms with Crippen LogP contribution in [0, 0.1) is 5.92 Å². The predicted molar refractivity (Wildman–Crippen MR) is 215 cm³/mol. The highest BCUT2D eigenvalue weighted by Gasteiger charge is 2.49. The van der Waals surface area contributed by atoms with Crippen LogP contribution in [0.5, 0.6) is 0 Å². The molecular formula is C46H35N5S. The van der Waals surface area contributed by atoms with Crippen molar-refractivity contribution in [1.82, 2.24) is 19.5 Å². The molecule has 1 aliphatic carbocycles. The van der Waals surface area contributed by atoms with Crippen LogP contribution < -0.4 is 4.90 Å². The van der Waals surface area contributed by atoms with E-state index in [1.165, 1.54) is 70.6 Å². The minimum atomic E-state index is -0.690. The van der Waals surface area contributed by atoms with Crippen LogP contribution in [0.1, 0.15) is 43.6 Å². The van der Waals surface area contributed by atoms with Crippen molar-refractivity contribution >= 4 is 53.8 Å². The van der Waals surface area contributed by atoms with E-state index in [-0.39, 0.29) is 11.8 Å². The molecule has 6 bridgehead atoms. The molecule has 0 saturated heterocycles. The zero-order valence-corrected chi connectivity index (χ0v) is 30.2. The summed E-state index contributed by atoms with van der Waals surface area (Å²) < 4.78 is 4.98. The average molecular weight is 690 g/mol. The lowest BCUT2D eigenvalue weighted by atomic mass is 9.65. The molecule has 5 aromatic carbocycles. The number of nitrogens with zero attached hydrogens (tertiary/aromatic N) is 5. The van der Waals surface area contributed by atoms with Crippen molar-refractivity contribution in [3.05, 3.63) is 156 Å². The fraction of sp³-hybridized carbons (Fsp3) is 0.152. The number of aromatic nitrogens is 4. The molecule has 5 heterocycles. The average Bonchev–Trinajstić information content (AvgIpc) is 3.75. The van der Waals surface area contributed by atoms with Crippen molar-refractivity contribution in [3.63, 3.8) is 0 Å². The summed E-state index contributed by atoms with van der Waals surface area (Å²) in [6.07, 6.45) is 2.46. The second-order valence-corrected chi connectivity index (χ2v) is 15.7. The van der Waals surface area contributed by atoms with E-state index in [1.54, 1.807) is 0 Å². The molecule has 3 atom stereocenters. The van der Waals surface area contributed by atoms with Crippen LogP contribution in [0.4, 0.5) is 5.82 Å². The van der Waals surface area contributed by atoms with Crippen molar-refractivity contribution in [1.29, 1.82) is 0 Å². The summed E-state index contributed by atoms with van der Waals surface area (Å²) in [6, 6.07) is 43.6. The number of fused-ring (bicyclic) bond motifs is 9. The maximum absolute atomic E-state index is 5.53. The predicted octanol–water partition coefficient (Wildman–Crippen LogP) is 11.3. The number of hydrogen-bond donors (Lipinski definition) is 0. The molecule has 5 nitrogen and oxygen atoms in total. The molecule has 0 fully saturated rings. The topological polar surface area (TPSA) is 46.8 Å². The van der Waals surface area contributed by atoms with Crippen molar-refractivity contribution in [2.75, 3.05) is 11.9 Å². The van der Waals surface area contributed by atoms with Crippen LogP contribution in [0.15, 0.2) is 139 Å². The highest BCUT2D eigenvalue weighted by molar-refractivity contribution is 7.26. The molecule has 250 valence electrons. The summed E-state index contributed by atoms with van der Waals surface area (Å²) >= 11 is 1.84. The first-order valence-corrected chi connectivity index (χ1v) is 18.9. The number of para-hydroxylation sites is 1. The minimum Gasteiger partial charge on any atom is -0.333 e. The Kier molecular flexibility index (Phi) is 6.08. The van der Waals surface area contributed by atoms with Crippen molar-refractivity contribution < 1.29 is 0 Å². The molecule has 0 saturated carbocycles. The monoisotopic (exact) mass is 689 g/mol. The molecule has 0 N–H and O–H groups in total. The Bertz CT molecular complexity index is 2860. The van der Waals surface area contributed by atoms with Gasteiger partial charge in [0.1, 0.15) is 11.6 Å². The minimum absolute atomic E-state index is 0.139. The number of rotatable bonds is 2. The Balaban J connectivity index is 1.35. The van der Waals surface area contributed by atoms with E-state index in [0.29, 0.717) is 11.6 Å². The summed E-state index contributed by atoms with van der Waals surface area (Å²) in [4.78, 5) is 18.7. The molecular weight excluding hydrogens is 655 g/mol. The van der Waals surface area contributed by atoms with Crippen LogP contribution in [0.3, 0.4) is 0 Å². The first-order chi connectivity index (χ1) is 25.4. The van der Waals surface area contributed by atoms with Crippen LogP contribution in [-0.2, 0) is 5.41 Å². The molecule has 0 amide bonds. The van der Waals surface area contributed by atoms with Gasteiger partial charge in [-0.1, -0.05) is 123 Å². The summed E-state index contributed by atoms with van der Waals surface area (Å²) in [5, 5.41) is 3.77. The number of benzene rings is 5. The van der Waals surface area contributed by atoms with Crippen LogP contribution in [0.25, 0.3) is 65.1 Å². The number of thiophene rings is 1. The first kappa shape index (κ1) is 29.8. The highest BCUT2D eigenvalue weighted by atomic mass is 32.1. The van der Waals surface area contributed by atoms with Gasteiger partial charge >= 0.3 is 0 Å². The van der Waals surface area contributed by atoms with Gasteiger partial charge in [-0.3, -0.25) is 4.57 Å². The van der Waals surface area contributed by atoms with Gasteiger partial charge < -0.3 is 4.90 Å². The zero-order chi connectivity index (χ0) is 34.9. The van der Waals surface area contributed by atoms with E-state index in [4.69, 9.17) is 15.0 Å². The highest BCUT2D eigenvalue weighted by Crippen LogP contribution is 2.58. The quantitative estimate of drug-likeness (QED) is 0.181. The van der Waals surface area contributed by atoms with Crippen LogP contribution >= 0.6 is 11.3 Å². The summed E-state index contributed by atoms with van der Waals surface area (Å²) in [7, 11) is 2.27. The third-order valence-corrected chi connectivity index (χ3v) is 13.1. The van der Waals surface area contributed by atoms with E-state index in [0.717, 1.165) is 17.0 Å². The van der Waals surface area contributed by atoms with Gasteiger partial charge in [0.2, 0.25) is 0 Å². The van der Waals surface area contributed by atoms with E-state index in [1.807, 2.05) is 17.4 Å². The van der Waals surface area contributed by atoms with E-state index < -0.39 is 5.41 Å². The van der Waals surface area contributed by atoms with Gasteiger partial charge in [0.25, 0.3) is 0 Å². The standard InChI is InChI=1S/C46H35N5S/c1-26-34(28-15-7-5-8-16-28)25-46(3)41-37(26)27(2)38-32-19-11-12-23-35(32)51(44(38)50(41)4)36-24-14-21-31-30-20-13-22-33(39(30)52-40(31)36)43-47-42(48-45(46)49-43)29-17-9-6-10-18-29/h5-27H,1-4H3. The summed E-state index contributed by atoms with van der Waals surface area (Å²) in [5.41, 5.74) is 10.3. The second kappa shape index (κ2) is 10.6. The van der Waals surface area contributed by atoms with Gasteiger partial charge in [-0.2, -0.15) is 0 Å². The Labute approximate surface area is 306 Å². The molecule has 2 aliphatic heterocycles. The van der Waals surface area contributed by atoms with E-state index >= 15 is 0 Å². The zero-order valence-electron chi connectivity index (χ0n) is 29.4. The van der Waals surface area contributed by atoms with Crippen molar-refractivity contribution in [2.45, 2.75) is 32.1 Å². The molecule has 3 aliphatic rings. The molecule has 0 spiro atoms. The molecule has 8 aromatic rings. The van der Waals surface area contributed by atoms with E-state index in [2.05, 4.69) is 159 Å². The Hall–Kier alpha value is -5.85. The number of allylic oxidation sites excluding steroid dienone is 3. The largest absolute Gasteiger partial charge is 0.333 e. The van der Waals surface area contributed by atoms with Gasteiger partial charge in [-0.25, -0.2) is 15.0 Å². The second-order valence-electron chi connectivity index (χ2n) is 14.7. The normalized spacial score (nSPS) is 20.4. The molecule has 3 unspecified atom stereocenters. The maximum atomic E-state index is 5.53. The lowest BCUT2D eigenvalue weighted by molar-refractivity contribution is 0.553. The molecule has 11 rings (SSSR count). The van der Waals surface area contributed by atoms with Gasteiger partial charge in [0, 0.05) is 62.1 Å². The first-order valence-electron chi connectivity index (χ1n) is 18.1. The Morgan fingerprint density at radius 3 is 2.08 bits per heavy atom. The Morgan fingerprint density at radius 2 is 1.29 bits per heavy atom. The lowest BCUT2D eigenvalue weighted by Gasteiger charge is -2.47. The van der Waals surface area contributed by atoms with Crippen molar-refractivity contribution in [2.24, 2.45) is 5.92 Å². The smallest absolute Gasteiger partial charge is 0.165 e. The number of hydrogen-bond acceptors (Lipinski definition) is 5. The third kappa shape index (κ3) is 3.85. The van der Waals surface area contributed by atoms with E-state index in [9.17, 15) is 0 Å². The summed E-state index contributed by atoms with van der Waals surface area (Å²) in [6.45, 7) is 7.13. The number of anilines is 1. The van der Waals surface area contributed by atoms with Gasteiger partial charge in [0.05, 0.1) is 21.3 Å². The maximum Gasteiger partial charge on any atom is 0.165 e. The number of likely N-dealkylation sites (N-methyl/N-ethyl adjacent to an activating group) is 1. The van der Waals surface area contributed by atoms with Crippen LogP contribution in [-0.4, -0.2) is 26.6 Å². The van der Waals surface area contributed by atoms with Gasteiger partial charge in [-0.05, 0) is 41.8 Å². The molecule has 52 heavy (non-hydrogen) atoms. The summed E-state index contributed by atoms with van der Waals surface area (Å²) in [5.74, 6) is 3.66. The van der Waals surface area contributed by atoms with Crippen molar-refractivity contribution in [3.8, 4) is 28.5 Å². The lowest BCUT2D eigenvalue weighted by Crippen LogP contribution is -2.43. The molecule has 6 heteroatoms. The SMILES string of the molecule is CC1C(c2ccccc2)=CC2(C)C3=C1C(C)c1c(n(c4ccccc14)-c1cccc4c1sc1c(cccc14)-c1nc(-c4ccccc4)nc2n1)N3C.